The number of rotatable bonds is 0. The molecule has 1 aliphatic rings. The van der Waals surface area contributed by atoms with Crippen LogP contribution in [0.4, 0.5) is 0 Å². The summed E-state index contributed by atoms with van der Waals surface area (Å²) < 4.78 is 21.0. The van der Waals surface area contributed by atoms with Crippen molar-refractivity contribution in [3.8, 4) is 0 Å². The number of hydrogen-bond acceptors (Lipinski definition) is 2. The number of sulfone groups is 1. The minimum atomic E-state index is -2.60. The molecule has 8 heavy (non-hydrogen) atoms. The van der Waals surface area contributed by atoms with Crippen molar-refractivity contribution in [1.29, 1.82) is 0 Å². The number of halogens is 1. The SMILES string of the molecule is CC1(I)CS(=O)(=O)C1. The topological polar surface area (TPSA) is 34.1 Å². The van der Waals surface area contributed by atoms with Crippen molar-refractivity contribution in [3.05, 3.63) is 0 Å². The summed E-state index contributed by atoms with van der Waals surface area (Å²) in [6.07, 6.45) is 0. The lowest BCUT2D eigenvalue weighted by molar-refractivity contribution is 0.564. The van der Waals surface area contributed by atoms with Crippen molar-refractivity contribution in [2.24, 2.45) is 0 Å². The third-order valence-corrected chi connectivity index (χ3v) is 4.99. The van der Waals surface area contributed by atoms with Gasteiger partial charge in [-0.25, -0.2) is 8.42 Å². The Morgan fingerprint density at radius 3 is 1.88 bits per heavy atom. The van der Waals surface area contributed by atoms with Gasteiger partial charge in [0.15, 0.2) is 9.84 Å². The zero-order chi connectivity index (χ0) is 6.41. The first kappa shape index (κ1) is 6.80. The van der Waals surface area contributed by atoms with Crippen LogP contribution in [0.15, 0.2) is 0 Å². The molecular weight excluding hydrogens is 239 g/mol. The summed E-state index contributed by atoms with van der Waals surface area (Å²) in [6.45, 7) is 1.95. The molecule has 0 unspecified atom stereocenters. The Balaban J connectivity index is 2.68. The van der Waals surface area contributed by atoms with E-state index in [1.807, 2.05) is 6.92 Å². The van der Waals surface area contributed by atoms with Crippen LogP contribution in [0.25, 0.3) is 0 Å². The zero-order valence-corrected chi connectivity index (χ0v) is 7.49. The molecule has 1 heterocycles. The molecule has 0 aromatic rings. The molecule has 48 valence electrons. The van der Waals surface area contributed by atoms with Gasteiger partial charge in [-0.1, -0.05) is 22.6 Å². The van der Waals surface area contributed by atoms with E-state index in [1.54, 1.807) is 0 Å². The molecule has 1 fully saturated rings. The maximum atomic E-state index is 10.5. The molecule has 0 spiro atoms. The minimum absolute atomic E-state index is 0.0383. The third kappa shape index (κ3) is 1.34. The fourth-order valence-electron chi connectivity index (χ4n) is 0.875. The summed E-state index contributed by atoms with van der Waals surface area (Å²) in [7, 11) is -2.60. The van der Waals surface area contributed by atoms with E-state index in [-0.39, 0.29) is 3.42 Å². The molecule has 2 nitrogen and oxygen atoms in total. The van der Waals surface area contributed by atoms with Gasteiger partial charge in [0.2, 0.25) is 0 Å². The highest BCUT2D eigenvalue weighted by molar-refractivity contribution is 14.1. The van der Waals surface area contributed by atoms with Crippen molar-refractivity contribution in [2.75, 3.05) is 11.5 Å². The summed E-state index contributed by atoms with van der Waals surface area (Å²) >= 11 is 2.17. The molecule has 0 amide bonds. The van der Waals surface area contributed by atoms with Crippen LogP contribution >= 0.6 is 22.6 Å². The predicted molar refractivity (Wildman–Crippen MR) is 41.1 cm³/mol. The van der Waals surface area contributed by atoms with E-state index in [9.17, 15) is 8.42 Å². The Bertz CT molecular complexity index is 178. The summed E-state index contributed by atoms with van der Waals surface area (Å²) in [5.74, 6) is 0.723. The number of hydrogen-bond donors (Lipinski definition) is 0. The van der Waals surface area contributed by atoms with Crippen molar-refractivity contribution in [1.82, 2.24) is 0 Å². The van der Waals surface area contributed by atoms with Crippen LogP contribution in [0.5, 0.6) is 0 Å². The summed E-state index contributed by atoms with van der Waals surface area (Å²) in [5, 5.41) is 0. The van der Waals surface area contributed by atoms with Crippen molar-refractivity contribution < 1.29 is 8.42 Å². The molecule has 1 aliphatic heterocycles. The first-order valence-corrected chi connectivity index (χ1v) is 5.21. The lowest BCUT2D eigenvalue weighted by Crippen LogP contribution is -2.47. The molecule has 0 aromatic heterocycles. The Labute approximate surface area is 62.7 Å². The van der Waals surface area contributed by atoms with Crippen LogP contribution in [-0.4, -0.2) is 23.3 Å². The first-order valence-electron chi connectivity index (χ1n) is 2.31. The van der Waals surface area contributed by atoms with E-state index in [0.29, 0.717) is 11.5 Å². The van der Waals surface area contributed by atoms with Gasteiger partial charge in [0, 0.05) is 3.42 Å². The van der Waals surface area contributed by atoms with Gasteiger partial charge in [0.05, 0.1) is 11.5 Å². The molecule has 0 aliphatic carbocycles. The van der Waals surface area contributed by atoms with Crippen LogP contribution in [0.1, 0.15) is 6.92 Å². The largest absolute Gasteiger partial charge is 0.229 e. The van der Waals surface area contributed by atoms with Gasteiger partial charge >= 0.3 is 0 Å². The van der Waals surface area contributed by atoms with E-state index in [4.69, 9.17) is 0 Å². The Morgan fingerprint density at radius 2 is 1.88 bits per heavy atom. The number of alkyl halides is 1. The maximum Gasteiger partial charge on any atom is 0.152 e. The summed E-state index contributed by atoms with van der Waals surface area (Å²) in [6, 6.07) is 0. The van der Waals surface area contributed by atoms with Crippen LogP contribution in [0.3, 0.4) is 0 Å². The molecule has 1 saturated heterocycles. The monoisotopic (exact) mass is 246 g/mol. The van der Waals surface area contributed by atoms with Gasteiger partial charge in [0.1, 0.15) is 0 Å². The highest BCUT2D eigenvalue weighted by atomic mass is 127. The van der Waals surface area contributed by atoms with Gasteiger partial charge < -0.3 is 0 Å². The average molecular weight is 246 g/mol. The van der Waals surface area contributed by atoms with E-state index < -0.39 is 9.84 Å². The zero-order valence-electron chi connectivity index (χ0n) is 4.52. The van der Waals surface area contributed by atoms with E-state index in [0.717, 1.165) is 0 Å². The molecule has 0 saturated carbocycles. The quantitative estimate of drug-likeness (QED) is 0.463. The highest BCUT2D eigenvalue weighted by Crippen LogP contribution is 2.31. The average Bonchev–Trinajstić information content (AvgIpc) is 1.20. The van der Waals surface area contributed by atoms with Gasteiger partial charge in [-0.3, -0.25) is 0 Å². The normalized spacial score (nSPS) is 31.2. The molecule has 0 radical (unpaired) electrons. The molecule has 0 bridgehead atoms. The predicted octanol–water partition coefficient (Wildman–Crippen LogP) is 0.609. The second-order valence-corrected chi connectivity index (χ2v) is 7.11. The Kier molecular flexibility index (Phi) is 1.35. The Morgan fingerprint density at radius 1 is 1.50 bits per heavy atom. The van der Waals surface area contributed by atoms with Crippen LogP contribution < -0.4 is 0 Å². The van der Waals surface area contributed by atoms with Crippen LogP contribution in [-0.2, 0) is 9.84 Å². The molecule has 0 N–H and O–H groups in total. The minimum Gasteiger partial charge on any atom is -0.229 e. The van der Waals surface area contributed by atoms with Gasteiger partial charge in [0.25, 0.3) is 0 Å². The van der Waals surface area contributed by atoms with Crippen molar-refractivity contribution in [2.45, 2.75) is 10.3 Å². The second kappa shape index (κ2) is 1.59. The van der Waals surface area contributed by atoms with Crippen molar-refractivity contribution in [3.63, 3.8) is 0 Å². The molecular formula is C4H7IO2S. The second-order valence-electron chi connectivity index (χ2n) is 2.45. The van der Waals surface area contributed by atoms with Gasteiger partial charge in [-0.15, -0.1) is 0 Å². The Hall–Kier alpha value is 0.680. The van der Waals surface area contributed by atoms with E-state index in [1.165, 1.54) is 0 Å². The van der Waals surface area contributed by atoms with Gasteiger partial charge in [-0.2, -0.15) is 0 Å². The molecule has 1 rings (SSSR count). The molecule has 4 heteroatoms. The summed E-state index contributed by atoms with van der Waals surface area (Å²) in [4.78, 5) is 0. The molecule has 0 atom stereocenters. The van der Waals surface area contributed by atoms with E-state index >= 15 is 0 Å². The lowest BCUT2D eigenvalue weighted by Gasteiger charge is -2.31. The third-order valence-electron chi connectivity index (χ3n) is 1.04. The first-order chi connectivity index (χ1) is 3.41. The summed E-state index contributed by atoms with van der Waals surface area (Å²) in [5.41, 5.74) is 0. The maximum absolute atomic E-state index is 10.5. The van der Waals surface area contributed by atoms with Crippen LogP contribution in [0.2, 0.25) is 0 Å². The van der Waals surface area contributed by atoms with Gasteiger partial charge in [-0.05, 0) is 6.92 Å². The highest BCUT2D eigenvalue weighted by Gasteiger charge is 2.42. The van der Waals surface area contributed by atoms with Crippen molar-refractivity contribution >= 4 is 32.4 Å². The standard InChI is InChI=1S/C4H7IO2S/c1-4(5)2-8(6,7)3-4/h2-3H2,1H3. The van der Waals surface area contributed by atoms with Crippen LogP contribution in [0, 0.1) is 0 Å². The smallest absolute Gasteiger partial charge is 0.152 e. The fraction of sp³-hybridized carbons (Fsp3) is 1.00. The lowest BCUT2D eigenvalue weighted by atomic mass is 10.2. The molecule has 0 aromatic carbocycles. The fourth-order valence-corrected chi connectivity index (χ4v) is 5.47. The van der Waals surface area contributed by atoms with E-state index in [2.05, 4.69) is 22.6 Å².